The highest BCUT2D eigenvalue weighted by Crippen LogP contribution is 2.34. The Bertz CT molecular complexity index is 1070. The highest BCUT2D eigenvalue weighted by Gasteiger charge is 2.33. The summed E-state index contributed by atoms with van der Waals surface area (Å²) in [4.78, 5) is 36.3. The number of hydrogen-bond donors (Lipinski definition) is 1. The normalized spacial score (nSPS) is 12.1. The van der Waals surface area contributed by atoms with Crippen LogP contribution >= 0.6 is 23.2 Å². The molecule has 3 aromatic rings. The quantitative estimate of drug-likeness (QED) is 0.365. The SMILES string of the molecule is CCC(C(=O)C(=O)O)C(=O)c1c(-c2ccc(Cl)c(Cl)c2)cc2ccccn12. The number of halogens is 2. The van der Waals surface area contributed by atoms with Crippen molar-refractivity contribution in [2.45, 2.75) is 13.3 Å². The van der Waals surface area contributed by atoms with Crippen molar-refractivity contribution in [1.82, 2.24) is 4.40 Å². The minimum Gasteiger partial charge on any atom is -0.475 e. The molecule has 0 fully saturated rings. The fourth-order valence-corrected chi connectivity index (χ4v) is 3.36. The molecule has 1 atom stereocenters. The van der Waals surface area contributed by atoms with Gasteiger partial charge in [0.05, 0.1) is 21.7 Å². The Kier molecular flexibility index (Phi) is 5.35. The third-order valence-electron chi connectivity index (χ3n) is 4.40. The van der Waals surface area contributed by atoms with Gasteiger partial charge in [-0.2, -0.15) is 0 Å². The van der Waals surface area contributed by atoms with E-state index in [1.165, 1.54) is 0 Å². The number of carboxylic acid groups (broad SMARTS) is 1. The highest BCUT2D eigenvalue weighted by atomic mass is 35.5. The molecule has 0 aliphatic heterocycles. The van der Waals surface area contributed by atoms with Gasteiger partial charge in [0, 0.05) is 17.3 Å². The van der Waals surface area contributed by atoms with Crippen molar-refractivity contribution >= 4 is 46.3 Å². The molecular formula is C20H15Cl2NO4. The molecule has 0 saturated carbocycles. The van der Waals surface area contributed by atoms with Crippen LogP contribution in [0.25, 0.3) is 16.6 Å². The Morgan fingerprint density at radius 1 is 1.07 bits per heavy atom. The molecule has 0 aliphatic carbocycles. The van der Waals surface area contributed by atoms with Gasteiger partial charge < -0.3 is 9.51 Å². The van der Waals surface area contributed by atoms with Crippen LogP contribution in [0.2, 0.25) is 10.0 Å². The van der Waals surface area contributed by atoms with Crippen LogP contribution < -0.4 is 0 Å². The summed E-state index contributed by atoms with van der Waals surface area (Å²) in [6.45, 7) is 1.61. The Morgan fingerprint density at radius 3 is 2.44 bits per heavy atom. The third-order valence-corrected chi connectivity index (χ3v) is 5.13. The molecule has 0 aliphatic rings. The maximum atomic E-state index is 13.2. The molecular weight excluding hydrogens is 389 g/mol. The topological polar surface area (TPSA) is 75.8 Å². The summed E-state index contributed by atoms with van der Waals surface area (Å²) in [5.41, 5.74) is 2.18. The van der Waals surface area contributed by atoms with Crippen molar-refractivity contribution in [1.29, 1.82) is 0 Å². The first-order chi connectivity index (χ1) is 12.8. The summed E-state index contributed by atoms with van der Waals surface area (Å²) >= 11 is 12.1. The lowest BCUT2D eigenvalue weighted by atomic mass is 9.91. The molecule has 1 aromatic carbocycles. The molecule has 0 radical (unpaired) electrons. The molecule has 1 N–H and O–H groups in total. The summed E-state index contributed by atoms with van der Waals surface area (Å²) in [5, 5.41) is 9.77. The average molecular weight is 404 g/mol. The molecule has 5 nitrogen and oxygen atoms in total. The van der Waals surface area contributed by atoms with E-state index in [0.29, 0.717) is 21.2 Å². The van der Waals surface area contributed by atoms with E-state index in [2.05, 4.69) is 0 Å². The fourth-order valence-electron chi connectivity index (χ4n) is 3.06. The maximum absolute atomic E-state index is 13.2. The van der Waals surface area contributed by atoms with Gasteiger partial charge in [-0.15, -0.1) is 0 Å². The lowest BCUT2D eigenvalue weighted by Crippen LogP contribution is -2.30. The maximum Gasteiger partial charge on any atom is 0.372 e. The number of carbonyl (C=O) groups is 3. The van der Waals surface area contributed by atoms with Crippen molar-refractivity contribution in [2.24, 2.45) is 5.92 Å². The number of ketones is 2. The number of fused-ring (bicyclic) bond motifs is 1. The summed E-state index contributed by atoms with van der Waals surface area (Å²) in [7, 11) is 0. The van der Waals surface area contributed by atoms with Gasteiger partial charge in [0.2, 0.25) is 0 Å². The zero-order valence-corrected chi connectivity index (χ0v) is 15.8. The molecule has 0 spiro atoms. The lowest BCUT2D eigenvalue weighted by molar-refractivity contribution is -0.150. The molecule has 0 bridgehead atoms. The minimum absolute atomic E-state index is 0.0881. The zero-order chi connectivity index (χ0) is 19.7. The Balaban J connectivity index is 2.24. The smallest absolute Gasteiger partial charge is 0.372 e. The first-order valence-corrected chi connectivity index (χ1v) is 8.97. The molecule has 3 rings (SSSR count). The standard InChI is InChI=1S/C20H15Cl2NO4/c1-2-13(19(25)20(26)27)18(24)17-14(10-12-5-3-4-8-23(12)17)11-6-7-15(21)16(22)9-11/h3-10,13H,2H2,1H3,(H,26,27). The van der Waals surface area contributed by atoms with Crippen LogP contribution in [0.1, 0.15) is 23.8 Å². The van der Waals surface area contributed by atoms with Crippen LogP contribution in [0.3, 0.4) is 0 Å². The number of carboxylic acids is 1. The number of hydrogen-bond acceptors (Lipinski definition) is 3. The fraction of sp³-hybridized carbons (Fsp3) is 0.150. The Labute approximate surface area is 165 Å². The number of aliphatic carboxylic acids is 1. The van der Waals surface area contributed by atoms with E-state index in [1.807, 2.05) is 12.1 Å². The Morgan fingerprint density at radius 2 is 1.81 bits per heavy atom. The number of rotatable bonds is 6. The second-order valence-electron chi connectivity index (χ2n) is 6.03. The van der Waals surface area contributed by atoms with Crippen molar-refractivity contribution in [2.75, 3.05) is 0 Å². The number of aromatic nitrogens is 1. The molecule has 1 unspecified atom stereocenters. The van der Waals surface area contributed by atoms with Crippen LogP contribution in [0.5, 0.6) is 0 Å². The highest BCUT2D eigenvalue weighted by molar-refractivity contribution is 6.42. The number of nitrogens with zero attached hydrogens (tertiary/aromatic N) is 1. The molecule has 2 heterocycles. The van der Waals surface area contributed by atoms with Gasteiger partial charge in [-0.05, 0) is 42.3 Å². The molecule has 2 aromatic heterocycles. The molecule has 138 valence electrons. The largest absolute Gasteiger partial charge is 0.475 e. The van der Waals surface area contributed by atoms with E-state index in [9.17, 15) is 14.4 Å². The number of benzene rings is 1. The van der Waals surface area contributed by atoms with Gasteiger partial charge in [0.1, 0.15) is 0 Å². The predicted octanol–water partition coefficient (Wildman–Crippen LogP) is 4.78. The summed E-state index contributed by atoms with van der Waals surface area (Å²) in [5.74, 6) is -4.54. The van der Waals surface area contributed by atoms with E-state index in [4.69, 9.17) is 28.3 Å². The van der Waals surface area contributed by atoms with Crippen LogP contribution in [0, 0.1) is 5.92 Å². The van der Waals surface area contributed by atoms with Gasteiger partial charge in [-0.3, -0.25) is 9.59 Å². The molecule has 27 heavy (non-hydrogen) atoms. The zero-order valence-electron chi connectivity index (χ0n) is 14.3. The Hall–Kier alpha value is -2.63. The van der Waals surface area contributed by atoms with Gasteiger partial charge in [-0.1, -0.05) is 42.3 Å². The van der Waals surface area contributed by atoms with Crippen LogP contribution in [0.15, 0.2) is 48.7 Å². The molecule has 0 amide bonds. The van der Waals surface area contributed by atoms with Crippen LogP contribution in [-0.4, -0.2) is 27.0 Å². The van der Waals surface area contributed by atoms with Crippen molar-refractivity contribution in [3.8, 4) is 11.1 Å². The van der Waals surface area contributed by atoms with E-state index in [0.717, 1.165) is 5.52 Å². The van der Waals surface area contributed by atoms with Gasteiger partial charge in [-0.25, -0.2) is 4.79 Å². The monoisotopic (exact) mass is 403 g/mol. The van der Waals surface area contributed by atoms with Crippen molar-refractivity contribution < 1.29 is 19.5 Å². The molecule has 7 heteroatoms. The predicted molar refractivity (Wildman–Crippen MR) is 104 cm³/mol. The second-order valence-corrected chi connectivity index (χ2v) is 6.84. The summed E-state index contributed by atoms with van der Waals surface area (Å²) < 4.78 is 1.65. The first kappa shape index (κ1) is 19.1. The van der Waals surface area contributed by atoms with Crippen LogP contribution in [0.4, 0.5) is 0 Å². The van der Waals surface area contributed by atoms with Crippen molar-refractivity contribution in [3.05, 3.63) is 64.4 Å². The van der Waals surface area contributed by atoms with Crippen molar-refractivity contribution in [3.63, 3.8) is 0 Å². The number of carbonyl (C=O) groups excluding carboxylic acids is 2. The summed E-state index contributed by atoms with van der Waals surface area (Å²) in [6.07, 6.45) is 1.78. The van der Waals surface area contributed by atoms with Gasteiger partial charge in [0.25, 0.3) is 5.78 Å². The second kappa shape index (κ2) is 7.55. The number of pyridine rings is 1. The first-order valence-electron chi connectivity index (χ1n) is 8.22. The van der Waals surface area contributed by atoms with Gasteiger partial charge in [0.15, 0.2) is 5.78 Å². The lowest BCUT2D eigenvalue weighted by Gasteiger charge is -2.13. The minimum atomic E-state index is -1.62. The number of Topliss-reactive ketones (excluding diaryl/α,β-unsaturated/α-hetero) is 2. The van der Waals surface area contributed by atoms with E-state index >= 15 is 0 Å². The molecule has 0 saturated heterocycles. The van der Waals surface area contributed by atoms with E-state index in [-0.39, 0.29) is 12.1 Å². The summed E-state index contributed by atoms with van der Waals surface area (Å²) in [6, 6.07) is 12.2. The van der Waals surface area contributed by atoms with Gasteiger partial charge >= 0.3 is 5.97 Å². The van der Waals surface area contributed by atoms with E-state index < -0.39 is 23.5 Å². The average Bonchev–Trinajstić information content (AvgIpc) is 3.03. The van der Waals surface area contributed by atoms with E-state index in [1.54, 1.807) is 47.9 Å². The van der Waals surface area contributed by atoms with Crippen LogP contribution in [-0.2, 0) is 9.59 Å². The third kappa shape index (κ3) is 3.48.